The van der Waals surface area contributed by atoms with Crippen molar-refractivity contribution in [3.63, 3.8) is 0 Å². The van der Waals surface area contributed by atoms with E-state index < -0.39 is 0 Å². The zero-order valence-electron chi connectivity index (χ0n) is 9.89. The van der Waals surface area contributed by atoms with Crippen LogP contribution < -0.4 is 5.56 Å². The molecule has 1 aromatic heterocycles. The van der Waals surface area contributed by atoms with Gasteiger partial charge < -0.3 is 9.72 Å². The fourth-order valence-electron chi connectivity index (χ4n) is 2.35. The first-order valence-corrected chi connectivity index (χ1v) is 6.46. The summed E-state index contributed by atoms with van der Waals surface area (Å²) in [6, 6.07) is 7.45. The van der Waals surface area contributed by atoms with E-state index in [1.54, 1.807) is 4.57 Å². The van der Waals surface area contributed by atoms with Crippen LogP contribution in [0, 0.1) is 10.7 Å². The van der Waals surface area contributed by atoms with E-state index in [0.29, 0.717) is 29.2 Å². The van der Waals surface area contributed by atoms with Crippen LogP contribution in [0.25, 0.3) is 10.9 Å². The first kappa shape index (κ1) is 11.6. The molecule has 2 heterocycles. The summed E-state index contributed by atoms with van der Waals surface area (Å²) in [5.41, 5.74) is 0.785. The fraction of sp³-hybridized carbons (Fsp3) is 0.385. The fourth-order valence-corrected chi connectivity index (χ4v) is 2.62. The zero-order valence-corrected chi connectivity index (χ0v) is 10.7. The average Bonchev–Trinajstić information content (AvgIpc) is 2.87. The van der Waals surface area contributed by atoms with Crippen LogP contribution in [0.3, 0.4) is 0 Å². The van der Waals surface area contributed by atoms with Crippen LogP contribution in [0.2, 0.25) is 0 Å². The number of fused-ring (bicyclic) bond motifs is 1. The number of nitrogens with one attached hydrogen (secondary N) is 1. The molecule has 1 unspecified atom stereocenters. The van der Waals surface area contributed by atoms with Crippen molar-refractivity contribution in [2.75, 3.05) is 13.2 Å². The molecule has 5 heteroatoms. The van der Waals surface area contributed by atoms with Crippen molar-refractivity contribution in [3.8, 4) is 0 Å². The third-order valence-corrected chi connectivity index (χ3v) is 3.68. The number of hydrogen-bond donors (Lipinski definition) is 1. The summed E-state index contributed by atoms with van der Waals surface area (Å²) in [7, 11) is 0. The van der Waals surface area contributed by atoms with Gasteiger partial charge in [-0.3, -0.25) is 9.36 Å². The Morgan fingerprint density at radius 1 is 1.44 bits per heavy atom. The van der Waals surface area contributed by atoms with Gasteiger partial charge in [0.1, 0.15) is 0 Å². The average molecular weight is 262 g/mol. The molecule has 0 spiro atoms. The van der Waals surface area contributed by atoms with Gasteiger partial charge in [0, 0.05) is 19.1 Å². The second-order valence-electron chi connectivity index (χ2n) is 4.62. The van der Waals surface area contributed by atoms with E-state index >= 15 is 0 Å². The molecule has 3 rings (SSSR count). The molecule has 1 saturated heterocycles. The maximum Gasteiger partial charge on any atom is 0.262 e. The molecule has 1 aliphatic rings. The summed E-state index contributed by atoms with van der Waals surface area (Å²) < 4.78 is 7.48. The molecule has 4 nitrogen and oxygen atoms in total. The topological polar surface area (TPSA) is 47.0 Å². The van der Waals surface area contributed by atoms with Gasteiger partial charge in [-0.2, -0.15) is 0 Å². The van der Waals surface area contributed by atoms with Gasteiger partial charge in [0.15, 0.2) is 4.77 Å². The smallest absolute Gasteiger partial charge is 0.262 e. The Morgan fingerprint density at radius 2 is 2.28 bits per heavy atom. The number of ether oxygens (including phenoxy) is 1. The van der Waals surface area contributed by atoms with Crippen molar-refractivity contribution in [2.45, 2.75) is 13.0 Å². The molecule has 1 aliphatic heterocycles. The minimum absolute atomic E-state index is 0.0127. The summed E-state index contributed by atoms with van der Waals surface area (Å²) in [6.07, 6.45) is 0.994. The molecule has 0 bridgehead atoms. The molecule has 0 aliphatic carbocycles. The standard InChI is InChI=1S/C13H14N2O2S/c16-12-10-3-1-2-4-11(10)14-13(18)15(12)7-9-5-6-17-8-9/h1-4,9H,5-8H2,(H,14,18). The van der Waals surface area contributed by atoms with Crippen molar-refractivity contribution in [2.24, 2.45) is 5.92 Å². The van der Waals surface area contributed by atoms with E-state index in [9.17, 15) is 4.79 Å². The highest BCUT2D eigenvalue weighted by atomic mass is 32.1. The maximum absolute atomic E-state index is 12.4. The molecule has 18 heavy (non-hydrogen) atoms. The summed E-state index contributed by atoms with van der Waals surface area (Å²) in [5, 5.41) is 0.685. The quantitative estimate of drug-likeness (QED) is 0.843. The summed E-state index contributed by atoms with van der Waals surface area (Å²) in [4.78, 5) is 15.5. The Bertz CT molecular complexity index is 683. The lowest BCUT2D eigenvalue weighted by molar-refractivity contribution is 0.182. The van der Waals surface area contributed by atoms with Gasteiger partial charge in [-0.25, -0.2) is 0 Å². The summed E-state index contributed by atoms with van der Waals surface area (Å²) >= 11 is 5.27. The Morgan fingerprint density at radius 3 is 3.06 bits per heavy atom. The van der Waals surface area contributed by atoms with Crippen LogP contribution in [0.15, 0.2) is 29.1 Å². The molecule has 1 fully saturated rings. The van der Waals surface area contributed by atoms with E-state index in [4.69, 9.17) is 17.0 Å². The van der Waals surface area contributed by atoms with Crippen molar-refractivity contribution < 1.29 is 4.74 Å². The van der Waals surface area contributed by atoms with E-state index in [1.165, 1.54) is 0 Å². The molecule has 1 atom stereocenters. The third kappa shape index (κ3) is 2.00. The lowest BCUT2D eigenvalue weighted by Crippen LogP contribution is -2.26. The van der Waals surface area contributed by atoms with E-state index in [-0.39, 0.29) is 5.56 Å². The number of aromatic amines is 1. The van der Waals surface area contributed by atoms with Gasteiger partial charge in [-0.1, -0.05) is 12.1 Å². The van der Waals surface area contributed by atoms with Crippen LogP contribution in [0.4, 0.5) is 0 Å². The van der Waals surface area contributed by atoms with Gasteiger partial charge in [0.05, 0.1) is 17.5 Å². The SMILES string of the molecule is O=c1c2ccccc2[nH]c(=S)n1CC1CCOC1. The highest BCUT2D eigenvalue weighted by molar-refractivity contribution is 7.71. The van der Waals surface area contributed by atoms with Crippen LogP contribution in [-0.4, -0.2) is 22.8 Å². The van der Waals surface area contributed by atoms with E-state index in [1.807, 2.05) is 24.3 Å². The normalized spacial score (nSPS) is 19.4. The molecule has 2 aromatic rings. The Hall–Kier alpha value is -1.46. The van der Waals surface area contributed by atoms with E-state index in [2.05, 4.69) is 4.98 Å². The first-order valence-electron chi connectivity index (χ1n) is 6.05. The lowest BCUT2D eigenvalue weighted by Gasteiger charge is -2.11. The van der Waals surface area contributed by atoms with Crippen LogP contribution in [-0.2, 0) is 11.3 Å². The number of hydrogen-bond acceptors (Lipinski definition) is 3. The Balaban J connectivity index is 2.11. The molecular weight excluding hydrogens is 248 g/mol. The van der Waals surface area contributed by atoms with Crippen LogP contribution in [0.1, 0.15) is 6.42 Å². The molecule has 94 valence electrons. The second-order valence-corrected chi connectivity index (χ2v) is 5.01. The number of aromatic nitrogens is 2. The monoisotopic (exact) mass is 262 g/mol. The van der Waals surface area contributed by atoms with Gasteiger partial charge >= 0.3 is 0 Å². The molecule has 1 aromatic carbocycles. The molecule has 0 amide bonds. The minimum atomic E-state index is -0.0127. The van der Waals surface area contributed by atoms with Gasteiger partial charge in [-0.05, 0) is 30.8 Å². The Labute approximate surface area is 109 Å². The van der Waals surface area contributed by atoms with Crippen molar-refractivity contribution in [1.82, 2.24) is 9.55 Å². The van der Waals surface area contributed by atoms with Crippen molar-refractivity contribution in [3.05, 3.63) is 39.4 Å². The number of nitrogens with zero attached hydrogens (tertiary/aromatic N) is 1. The number of benzene rings is 1. The van der Waals surface area contributed by atoms with E-state index in [0.717, 1.165) is 18.5 Å². The molecular formula is C13H14N2O2S. The number of para-hydroxylation sites is 1. The van der Waals surface area contributed by atoms with Crippen LogP contribution in [0.5, 0.6) is 0 Å². The van der Waals surface area contributed by atoms with Crippen LogP contribution >= 0.6 is 12.2 Å². The highest BCUT2D eigenvalue weighted by Crippen LogP contribution is 2.15. The predicted molar refractivity (Wildman–Crippen MR) is 72.3 cm³/mol. The lowest BCUT2D eigenvalue weighted by atomic mass is 10.1. The van der Waals surface area contributed by atoms with Crippen molar-refractivity contribution in [1.29, 1.82) is 0 Å². The van der Waals surface area contributed by atoms with Gasteiger partial charge in [0.25, 0.3) is 5.56 Å². The molecule has 0 saturated carbocycles. The largest absolute Gasteiger partial charge is 0.381 e. The maximum atomic E-state index is 12.4. The van der Waals surface area contributed by atoms with Gasteiger partial charge in [0.2, 0.25) is 0 Å². The Kier molecular flexibility index (Phi) is 3.01. The first-order chi connectivity index (χ1) is 8.75. The number of rotatable bonds is 2. The zero-order chi connectivity index (χ0) is 12.5. The molecule has 1 N–H and O–H groups in total. The van der Waals surface area contributed by atoms with Crippen molar-refractivity contribution >= 4 is 23.1 Å². The van der Waals surface area contributed by atoms with Gasteiger partial charge in [-0.15, -0.1) is 0 Å². The predicted octanol–water partition coefficient (Wildman–Crippen LogP) is 2.10. The molecule has 0 radical (unpaired) electrons. The number of H-pyrrole nitrogens is 1. The highest BCUT2D eigenvalue weighted by Gasteiger charge is 2.17. The summed E-state index contributed by atoms with van der Waals surface area (Å²) in [5.74, 6) is 0.388. The minimum Gasteiger partial charge on any atom is -0.381 e. The third-order valence-electron chi connectivity index (χ3n) is 3.35. The second kappa shape index (κ2) is 4.66. The summed E-state index contributed by atoms with van der Waals surface area (Å²) in [6.45, 7) is 2.14.